The molecule has 0 aliphatic carbocycles. The molecule has 1 aromatic heterocycles. The third kappa shape index (κ3) is 2.07. The molecule has 0 amide bonds. The van der Waals surface area contributed by atoms with E-state index < -0.39 is 0 Å². The summed E-state index contributed by atoms with van der Waals surface area (Å²) in [5.74, 6) is 1.81. The monoisotopic (exact) mass is 270 g/mol. The van der Waals surface area contributed by atoms with E-state index in [9.17, 15) is 0 Å². The number of hydrogen-bond donors (Lipinski definition) is 0. The number of methoxy groups -OCH3 is 1. The first-order valence-corrected chi connectivity index (χ1v) is 6.92. The van der Waals surface area contributed by atoms with Crippen LogP contribution in [0.5, 0.6) is 5.75 Å². The van der Waals surface area contributed by atoms with Gasteiger partial charge in [-0.3, -0.25) is 0 Å². The second kappa shape index (κ2) is 5.04. The summed E-state index contributed by atoms with van der Waals surface area (Å²) in [5, 5.41) is 9.00. The molecule has 2 aromatic rings. The molecule has 1 aromatic carbocycles. The highest BCUT2D eigenvalue weighted by atomic mass is 16.5. The van der Waals surface area contributed by atoms with Gasteiger partial charge in [0.1, 0.15) is 5.75 Å². The van der Waals surface area contributed by atoms with Gasteiger partial charge < -0.3 is 14.2 Å². The largest absolute Gasteiger partial charge is 0.497 e. The van der Waals surface area contributed by atoms with Crippen LogP contribution in [0.2, 0.25) is 0 Å². The lowest BCUT2D eigenvalue weighted by atomic mass is 10.2. The Hall–Kier alpha value is -2.22. The first kappa shape index (κ1) is 12.8. The van der Waals surface area contributed by atoms with Gasteiger partial charge >= 0.3 is 0 Å². The fourth-order valence-electron chi connectivity index (χ4n) is 2.75. The number of ether oxygens (including phenoxy) is 1. The van der Waals surface area contributed by atoms with Crippen LogP contribution in [0.15, 0.2) is 18.2 Å². The molecule has 1 aliphatic rings. The zero-order valence-electron chi connectivity index (χ0n) is 11.8. The molecule has 0 N–H and O–H groups in total. The Morgan fingerprint density at radius 1 is 1.45 bits per heavy atom. The minimum atomic E-state index is 0.0101. The van der Waals surface area contributed by atoms with Crippen molar-refractivity contribution in [2.45, 2.75) is 19.9 Å². The van der Waals surface area contributed by atoms with Gasteiger partial charge in [0, 0.05) is 25.7 Å². The lowest BCUT2D eigenvalue weighted by Gasteiger charge is -2.29. The number of rotatable bonds is 3. The summed E-state index contributed by atoms with van der Waals surface area (Å²) < 4.78 is 7.50. The number of imidazole rings is 1. The van der Waals surface area contributed by atoms with E-state index in [4.69, 9.17) is 15.0 Å². The lowest BCUT2D eigenvalue weighted by Crippen LogP contribution is -2.35. The highest BCUT2D eigenvalue weighted by Gasteiger charge is 2.22. The number of fused-ring (bicyclic) bond motifs is 3. The fraction of sp³-hybridized carbons (Fsp3) is 0.467. The van der Waals surface area contributed by atoms with Crippen molar-refractivity contribution in [3.63, 3.8) is 0 Å². The molecule has 1 aliphatic heterocycles. The molecule has 0 bridgehead atoms. The Bertz CT molecular complexity index is 670. The molecule has 5 nitrogen and oxygen atoms in total. The molecule has 20 heavy (non-hydrogen) atoms. The van der Waals surface area contributed by atoms with E-state index in [1.807, 2.05) is 19.1 Å². The van der Waals surface area contributed by atoms with Gasteiger partial charge in [-0.2, -0.15) is 5.26 Å². The van der Waals surface area contributed by atoms with E-state index in [1.54, 1.807) is 7.11 Å². The Labute approximate surface area is 118 Å². The van der Waals surface area contributed by atoms with Gasteiger partial charge in [0.05, 0.1) is 30.1 Å². The molecule has 3 rings (SSSR count). The molecule has 0 spiro atoms. The first-order chi connectivity index (χ1) is 9.72. The van der Waals surface area contributed by atoms with Gasteiger partial charge in [-0.15, -0.1) is 0 Å². The van der Waals surface area contributed by atoms with E-state index >= 15 is 0 Å². The van der Waals surface area contributed by atoms with Gasteiger partial charge in [0.15, 0.2) is 0 Å². The van der Waals surface area contributed by atoms with Crippen LogP contribution in [-0.2, 0) is 6.54 Å². The van der Waals surface area contributed by atoms with Crippen molar-refractivity contribution in [3.8, 4) is 11.8 Å². The third-order valence-corrected chi connectivity index (χ3v) is 3.74. The molecule has 0 fully saturated rings. The topological polar surface area (TPSA) is 54.1 Å². The number of anilines is 1. The lowest BCUT2D eigenvalue weighted by molar-refractivity contribution is 0.415. The molecule has 104 valence electrons. The van der Waals surface area contributed by atoms with Crippen molar-refractivity contribution in [3.05, 3.63) is 18.2 Å². The number of nitriles is 1. The molecule has 1 unspecified atom stereocenters. The van der Waals surface area contributed by atoms with Crippen LogP contribution in [-0.4, -0.2) is 29.8 Å². The zero-order chi connectivity index (χ0) is 14.1. The molecule has 2 heterocycles. The minimum Gasteiger partial charge on any atom is -0.497 e. The summed E-state index contributed by atoms with van der Waals surface area (Å²) in [6, 6.07) is 8.29. The van der Waals surface area contributed by atoms with Crippen LogP contribution in [0, 0.1) is 17.2 Å². The molecular weight excluding hydrogens is 252 g/mol. The van der Waals surface area contributed by atoms with Crippen LogP contribution in [0.4, 0.5) is 5.95 Å². The number of aromatic nitrogens is 2. The highest BCUT2D eigenvalue weighted by Crippen LogP contribution is 2.29. The zero-order valence-corrected chi connectivity index (χ0v) is 11.8. The Morgan fingerprint density at radius 3 is 3.05 bits per heavy atom. The second-order valence-corrected chi connectivity index (χ2v) is 5.25. The van der Waals surface area contributed by atoms with Crippen LogP contribution in [0.25, 0.3) is 11.0 Å². The quantitative estimate of drug-likeness (QED) is 0.859. The Balaban J connectivity index is 2.03. The van der Waals surface area contributed by atoms with E-state index in [-0.39, 0.29) is 5.92 Å². The second-order valence-electron chi connectivity index (χ2n) is 5.25. The van der Waals surface area contributed by atoms with Gasteiger partial charge in [0.25, 0.3) is 0 Å². The molecule has 0 radical (unpaired) electrons. The Morgan fingerprint density at radius 2 is 2.30 bits per heavy atom. The van der Waals surface area contributed by atoms with Crippen molar-refractivity contribution in [1.82, 2.24) is 9.55 Å². The molecule has 0 saturated heterocycles. The summed E-state index contributed by atoms with van der Waals surface area (Å²) in [5.41, 5.74) is 2.09. The standard InChI is InChI=1S/C15H18N4O/c1-11(9-16)10-18-6-3-7-19-14-5-4-12(20-2)8-13(14)17-15(18)19/h4-5,8,11H,3,6-7,10H2,1-2H3. The van der Waals surface area contributed by atoms with Crippen LogP contribution < -0.4 is 9.64 Å². The molecule has 1 atom stereocenters. The van der Waals surface area contributed by atoms with Crippen molar-refractivity contribution < 1.29 is 4.74 Å². The third-order valence-electron chi connectivity index (χ3n) is 3.74. The van der Waals surface area contributed by atoms with Crippen molar-refractivity contribution >= 4 is 17.0 Å². The van der Waals surface area contributed by atoms with Crippen molar-refractivity contribution in [1.29, 1.82) is 5.26 Å². The number of aryl methyl sites for hydroxylation is 1. The van der Waals surface area contributed by atoms with Crippen LogP contribution >= 0.6 is 0 Å². The maximum absolute atomic E-state index is 9.00. The van der Waals surface area contributed by atoms with Gasteiger partial charge in [-0.05, 0) is 25.5 Å². The Kier molecular flexibility index (Phi) is 3.23. The first-order valence-electron chi connectivity index (χ1n) is 6.92. The fourth-order valence-corrected chi connectivity index (χ4v) is 2.75. The average Bonchev–Trinajstić information content (AvgIpc) is 2.85. The number of nitrogens with zero attached hydrogens (tertiary/aromatic N) is 4. The maximum atomic E-state index is 9.00. The van der Waals surface area contributed by atoms with Gasteiger partial charge in [-0.1, -0.05) is 0 Å². The van der Waals surface area contributed by atoms with Crippen LogP contribution in [0.3, 0.4) is 0 Å². The molecule has 5 heteroatoms. The van der Waals surface area contributed by atoms with E-state index in [0.717, 1.165) is 48.8 Å². The SMILES string of the molecule is COc1ccc2c(c1)nc1n2CCCN1CC(C)C#N. The molecule has 0 saturated carbocycles. The maximum Gasteiger partial charge on any atom is 0.206 e. The van der Waals surface area contributed by atoms with Gasteiger partial charge in [0.2, 0.25) is 5.95 Å². The highest BCUT2D eigenvalue weighted by molar-refractivity contribution is 5.80. The summed E-state index contributed by atoms with van der Waals surface area (Å²) >= 11 is 0. The number of benzene rings is 1. The van der Waals surface area contributed by atoms with Crippen molar-refractivity contribution in [2.75, 3.05) is 25.1 Å². The summed E-state index contributed by atoms with van der Waals surface area (Å²) in [7, 11) is 1.66. The molecular formula is C15H18N4O. The summed E-state index contributed by atoms with van der Waals surface area (Å²) in [6.07, 6.45) is 1.09. The van der Waals surface area contributed by atoms with Crippen LogP contribution in [0.1, 0.15) is 13.3 Å². The number of hydrogen-bond acceptors (Lipinski definition) is 4. The van der Waals surface area contributed by atoms with E-state index in [0.29, 0.717) is 0 Å². The van der Waals surface area contributed by atoms with E-state index in [2.05, 4.69) is 21.6 Å². The van der Waals surface area contributed by atoms with Gasteiger partial charge in [-0.25, -0.2) is 4.98 Å². The minimum absolute atomic E-state index is 0.0101. The summed E-state index contributed by atoms with van der Waals surface area (Å²) in [4.78, 5) is 6.94. The normalized spacial score (nSPS) is 15.8. The predicted octanol–water partition coefficient (Wildman–Crippen LogP) is 2.41. The van der Waals surface area contributed by atoms with Crippen molar-refractivity contribution in [2.24, 2.45) is 5.92 Å². The van der Waals surface area contributed by atoms with E-state index in [1.165, 1.54) is 0 Å². The smallest absolute Gasteiger partial charge is 0.206 e. The average molecular weight is 270 g/mol. The summed E-state index contributed by atoms with van der Waals surface area (Å²) in [6.45, 7) is 4.63. The predicted molar refractivity (Wildman–Crippen MR) is 77.9 cm³/mol.